The highest BCUT2D eigenvalue weighted by atomic mass is 35.5. The molecule has 3 aromatic rings. The first-order valence-corrected chi connectivity index (χ1v) is 9.77. The number of carbonyl (C=O) groups excluding carboxylic acids is 2. The quantitative estimate of drug-likeness (QED) is 0.339. The van der Waals surface area contributed by atoms with Crippen LogP contribution < -0.4 is 14.4 Å². The van der Waals surface area contributed by atoms with Gasteiger partial charge in [-0.05, 0) is 48.5 Å². The van der Waals surface area contributed by atoms with Gasteiger partial charge in [0.05, 0.1) is 31.1 Å². The van der Waals surface area contributed by atoms with E-state index in [9.17, 15) is 19.1 Å². The first kappa shape index (κ1) is 21.5. The third-order valence-electron chi connectivity index (χ3n) is 5.10. The second-order valence-electron chi connectivity index (χ2n) is 6.85. The van der Waals surface area contributed by atoms with Crippen molar-refractivity contribution in [3.63, 3.8) is 0 Å². The van der Waals surface area contributed by atoms with Crippen LogP contribution in [0.1, 0.15) is 17.4 Å². The molecule has 1 unspecified atom stereocenters. The largest absolute Gasteiger partial charge is 0.507 e. The lowest BCUT2D eigenvalue weighted by molar-refractivity contribution is -0.132. The van der Waals surface area contributed by atoms with Crippen molar-refractivity contribution in [1.29, 1.82) is 0 Å². The molecule has 0 saturated carbocycles. The highest BCUT2D eigenvalue weighted by Gasteiger charge is 2.48. The van der Waals surface area contributed by atoms with Gasteiger partial charge in [0, 0.05) is 11.3 Å². The van der Waals surface area contributed by atoms with Crippen molar-refractivity contribution >= 4 is 34.7 Å². The van der Waals surface area contributed by atoms with Gasteiger partial charge in [0.2, 0.25) is 0 Å². The summed E-state index contributed by atoms with van der Waals surface area (Å²) in [5, 5.41) is 10.9. The smallest absolute Gasteiger partial charge is 0.300 e. The van der Waals surface area contributed by atoms with E-state index in [1.165, 1.54) is 44.7 Å². The van der Waals surface area contributed by atoms with Crippen LogP contribution in [0.5, 0.6) is 11.5 Å². The average molecular weight is 458 g/mol. The highest BCUT2D eigenvalue weighted by molar-refractivity contribution is 6.51. The zero-order valence-corrected chi connectivity index (χ0v) is 17.7. The highest BCUT2D eigenvalue weighted by Crippen LogP contribution is 2.43. The Morgan fingerprint density at radius 3 is 2.47 bits per heavy atom. The molecule has 0 spiro atoms. The van der Waals surface area contributed by atoms with E-state index in [-0.39, 0.29) is 27.6 Å². The van der Waals surface area contributed by atoms with Crippen LogP contribution in [-0.2, 0) is 9.59 Å². The number of benzene rings is 2. The van der Waals surface area contributed by atoms with Gasteiger partial charge in [-0.2, -0.15) is 0 Å². The Morgan fingerprint density at radius 1 is 1.09 bits per heavy atom. The summed E-state index contributed by atoms with van der Waals surface area (Å²) in [7, 11) is 2.90. The van der Waals surface area contributed by atoms with Gasteiger partial charge in [0.15, 0.2) is 11.5 Å². The van der Waals surface area contributed by atoms with E-state index in [4.69, 9.17) is 25.5 Å². The molecule has 0 radical (unpaired) electrons. The molecule has 1 aliphatic heterocycles. The molecule has 2 heterocycles. The lowest BCUT2D eigenvalue weighted by Gasteiger charge is -2.23. The number of hydrogen-bond acceptors (Lipinski definition) is 6. The van der Waals surface area contributed by atoms with E-state index in [0.29, 0.717) is 11.5 Å². The fraction of sp³-hybridized carbons (Fsp3) is 0.130. The summed E-state index contributed by atoms with van der Waals surface area (Å²) in [6.07, 6.45) is 1.38. The molecule has 7 nitrogen and oxygen atoms in total. The van der Waals surface area contributed by atoms with Crippen molar-refractivity contribution in [2.45, 2.75) is 6.04 Å². The molecule has 2 aromatic carbocycles. The van der Waals surface area contributed by atoms with Crippen LogP contribution in [-0.4, -0.2) is 31.0 Å². The molecule has 1 N–H and O–H groups in total. The van der Waals surface area contributed by atoms with Crippen molar-refractivity contribution in [1.82, 2.24) is 0 Å². The Labute approximate surface area is 187 Å². The minimum atomic E-state index is -1.10. The molecule has 0 aliphatic carbocycles. The standard InChI is InChI=1S/C23H17ClFNO6/c1-30-16-8-5-12(10-18(16)31-2)21(27)19-20(17-4-3-9-32-17)26(23(29)22(19)28)13-6-7-15(25)14(24)11-13/h3-11,20,27H,1-2H3/b21-19-. The molecule has 1 atom stereocenters. The van der Waals surface area contributed by atoms with E-state index >= 15 is 0 Å². The van der Waals surface area contributed by atoms with Gasteiger partial charge in [0.25, 0.3) is 11.7 Å². The zero-order chi connectivity index (χ0) is 23.0. The number of rotatable bonds is 5. The van der Waals surface area contributed by atoms with Gasteiger partial charge in [-0.1, -0.05) is 11.6 Å². The number of methoxy groups -OCH3 is 2. The number of amides is 1. The molecular weight excluding hydrogens is 441 g/mol. The fourth-order valence-electron chi connectivity index (χ4n) is 3.59. The summed E-state index contributed by atoms with van der Waals surface area (Å²) in [6, 6.07) is 10.3. The van der Waals surface area contributed by atoms with Crippen LogP contribution >= 0.6 is 11.6 Å². The lowest BCUT2D eigenvalue weighted by Crippen LogP contribution is -2.29. The maximum absolute atomic E-state index is 13.7. The van der Waals surface area contributed by atoms with Crippen molar-refractivity contribution in [3.8, 4) is 11.5 Å². The van der Waals surface area contributed by atoms with Crippen LogP contribution in [0.3, 0.4) is 0 Å². The number of furan rings is 1. The summed E-state index contributed by atoms with van der Waals surface area (Å²) in [5.41, 5.74) is 0.207. The summed E-state index contributed by atoms with van der Waals surface area (Å²) in [4.78, 5) is 27.1. The van der Waals surface area contributed by atoms with E-state index in [0.717, 1.165) is 11.0 Å². The summed E-state index contributed by atoms with van der Waals surface area (Å²) >= 11 is 5.90. The predicted octanol–water partition coefficient (Wildman–Crippen LogP) is 4.72. The van der Waals surface area contributed by atoms with E-state index < -0.39 is 29.3 Å². The monoisotopic (exact) mass is 457 g/mol. The molecule has 0 bridgehead atoms. The molecule has 1 fully saturated rings. The summed E-state index contributed by atoms with van der Waals surface area (Å²) in [5.74, 6) is -1.98. The third-order valence-corrected chi connectivity index (χ3v) is 5.39. The van der Waals surface area contributed by atoms with E-state index in [1.807, 2.05) is 0 Å². The Hall–Kier alpha value is -3.78. The predicted molar refractivity (Wildman–Crippen MR) is 114 cm³/mol. The summed E-state index contributed by atoms with van der Waals surface area (Å²) < 4.78 is 29.6. The Morgan fingerprint density at radius 2 is 1.84 bits per heavy atom. The van der Waals surface area contributed by atoms with Gasteiger partial charge in [-0.3, -0.25) is 14.5 Å². The topological polar surface area (TPSA) is 89.2 Å². The number of nitrogens with zero attached hydrogens (tertiary/aromatic N) is 1. The minimum absolute atomic E-state index is 0.172. The minimum Gasteiger partial charge on any atom is -0.507 e. The number of ether oxygens (including phenoxy) is 2. The average Bonchev–Trinajstić information content (AvgIpc) is 3.42. The first-order valence-electron chi connectivity index (χ1n) is 9.39. The number of aliphatic hydroxyl groups excluding tert-OH is 1. The Balaban J connectivity index is 1.91. The number of anilines is 1. The second kappa shape index (κ2) is 8.39. The SMILES string of the molecule is COc1ccc(/C(O)=C2/C(=O)C(=O)N(c3ccc(F)c(Cl)c3)C2c2ccco2)cc1OC. The van der Waals surface area contributed by atoms with Gasteiger partial charge in [-0.25, -0.2) is 4.39 Å². The Kier molecular flexibility index (Phi) is 5.63. The zero-order valence-electron chi connectivity index (χ0n) is 17.0. The normalized spacial score (nSPS) is 17.6. The molecule has 164 valence electrons. The van der Waals surface area contributed by atoms with Gasteiger partial charge >= 0.3 is 0 Å². The molecule has 1 aromatic heterocycles. The molecule has 1 amide bonds. The number of halogens is 2. The van der Waals surface area contributed by atoms with Crippen molar-refractivity contribution in [2.24, 2.45) is 0 Å². The van der Waals surface area contributed by atoms with Gasteiger partial charge in [0.1, 0.15) is 23.4 Å². The van der Waals surface area contributed by atoms with E-state index in [2.05, 4.69) is 0 Å². The Bertz CT molecular complexity index is 1240. The number of aliphatic hydroxyl groups is 1. The van der Waals surface area contributed by atoms with E-state index in [1.54, 1.807) is 18.2 Å². The van der Waals surface area contributed by atoms with Crippen LogP contribution in [0.15, 0.2) is 64.8 Å². The number of ketones is 1. The van der Waals surface area contributed by atoms with Crippen LogP contribution in [0.4, 0.5) is 10.1 Å². The van der Waals surface area contributed by atoms with Crippen LogP contribution in [0.2, 0.25) is 5.02 Å². The van der Waals surface area contributed by atoms with Gasteiger partial charge in [-0.15, -0.1) is 0 Å². The number of carbonyl (C=O) groups is 2. The number of Topliss-reactive ketones (excluding diaryl/α,β-unsaturated/α-hetero) is 1. The molecule has 1 saturated heterocycles. The van der Waals surface area contributed by atoms with Gasteiger partial charge < -0.3 is 19.0 Å². The molecule has 32 heavy (non-hydrogen) atoms. The number of hydrogen-bond donors (Lipinski definition) is 1. The van der Waals surface area contributed by atoms with Crippen molar-refractivity contribution in [3.05, 3.63) is 82.5 Å². The molecular formula is C23H17ClFNO6. The van der Waals surface area contributed by atoms with Crippen LogP contribution in [0.25, 0.3) is 5.76 Å². The second-order valence-corrected chi connectivity index (χ2v) is 7.26. The fourth-order valence-corrected chi connectivity index (χ4v) is 3.76. The maximum Gasteiger partial charge on any atom is 0.300 e. The first-order chi connectivity index (χ1) is 15.4. The van der Waals surface area contributed by atoms with Crippen molar-refractivity contribution in [2.75, 3.05) is 19.1 Å². The lowest BCUT2D eigenvalue weighted by atomic mass is 9.99. The van der Waals surface area contributed by atoms with Crippen LogP contribution in [0, 0.1) is 5.82 Å². The molecule has 9 heteroatoms. The summed E-state index contributed by atoms with van der Waals surface area (Å²) in [6.45, 7) is 0. The van der Waals surface area contributed by atoms with Crippen molar-refractivity contribution < 1.29 is 33.0 Å². The maximum atomic E-state index is 13.7. The third kappa shape index (κ3) is 3.48. The molecule has 1 aliphatic rings. The molecule has 4 rings (SSSR count).